The van der Waals surface area contributed by atoms with Gasteiger partial charge in [-0.3, -0.25) is 0 Å². The van der Waals surface area contributed by atoms with E-state index in [1.807, 2.05) is 11.1 Å². The number of carbonyl (C=O) groups is 1. The van der Waals surface area contributed by atoms with Gasteiger partial charge < -0.3 is 10.2 Å². The van der Waals surface area contributed by atoms with E-state index in [0.29, 0.717) is 6.04 Å². The lowest BCUT2D eigenvalue weighted by Crippen LogP contribution is -2.46. The van der Waals surface area contributed by atoms with Crippen LogP contribution in [0.5, 0.6) is 0 Å². The first kappa shape index (κ1) is 11.5. The third-order valence-corrected chi connectivity index (χ3v) is 3.71. The highest BCUT2D eigenvalue weighted by Gasteiger charge is 2.24. The molecule has 1 aliphatic carbocycles. The van der Waals surface area contributed by atoms with Crippen LogP contribution in [0.3, 0.4) is 0 Å². The first-order chi connectivity index (χ1) is 7.68. The zero-order valence-electron chi connectivity index (χ0n) is 10.3. The lowest BCUT2D eigenvalue weighted by atomic mass is 10.0. The van der Waals surface area contributed by atoms with E-state index in [1.54, 1.807) is 0 Å². The number of likely N-dealkylation sites (tertiary alicyclic amines) is 1. The number of rotatable bonds is 2. The largest absolute Gasteiger partial charge is 0.322 e. The van der Waals surface area contributed by atoms with E-state index in [2.05, 4.69) is 19.2 Å². The van der Waals surface area contributed by atoms with Crippen molar-refractivity contribution >= 4 is 6.03 Å². The standard InChI is InChI=1S/C13H22N2O/c1-10(12-6-7-12)9-14-13(16)15-8-4-3-5-11(15)2/h9,11-12H,3-8H2,1-2H3,(H,14,16)/b10-9+. The van der Waals surface area contributed by atoms with E-state index in [9.17, 15) is 4.79 Å². The third-order valence-electron chi connectivity index (χ3n) is 3.71. The molecule has 1 aliphatic heterocycles. The maximum atomic E-state index is 11.9. The van der Waals surface area contributed by atoms with Crippen molar-refractivity contribution < 1.29 is 4.79 Å². The molecule has 1 heterocycles. The fourth-order valence-electron chi connectivity index (χ4n) is 2.31. The molecule has 1 unspecified atom stereocenters. The van der Waals surface area contributed by atoms with Crippen molar-refractivity contribution in [1.29, 1.82) is 0 Å². The summed E-state index contributed by atoms with van der Waals surface area (Å²) in [6, 6.07) is 0.468. The fourth-order valence-corrected chi connectivity index (χ4v) is 2.31. The second-order valence-electron chi connectivity index (χ2n) is 5.15. The van der Waals surface area contributed by atoms with Crippen molar-refractivity contribution in [3.05, 3.63) is 11.8 Å². The Morgan fingerprint density at radius 1 is 1.31 bits per heavy atom. The zero-order valence-corrected chi connectivity index (χ0v) is 10.3. The summed E-state index contributed by atoms with van der Waals surface area (Å²) in [5, 5.41) is 2.93. The summed E-state index contributed by atoms with van der Waals surface area (Å²) in [5.41, 5.74) is 1.32. The van der Waals surface area contributed by atoms with Crippen molar-refractivity contribution in [3.8, 4) is 0 Å². The minimum absolute atomic E-state index is 0.0761. The number of nitrogens with zero attached hydrogens (tertiary/aromatic N) is 1. The Morgan fingerprint density at radius 3 is 2.69 bits per heavy atom. The maximum Gasteiger partial charge on any atom is 0.321 e. The van der Waals surface area contributed by atoms with Crippen molar-refractivity contribution in [2.45, 2.75) is 52.0 Å². The molecule has 1 N–H and O–H groups in total. The van der Waals surface area contributed by atoms with Gasteiger partial charge in [0.05, 0.1) is 0 Å². The Bertz CT molecular complexity index is 294. The second kappa shape index (κ2) is 4.89. The number of amides is 2. The normalized spacial score (nSPS) is 26.8. The first-order valence-electron chi connectivity index (χ1n) is 6.42. The molecule has 3 nitrogen and oxygen atoms in total. The Hall–Kier alpha value is -0.990. The zero-order chi connectivity index (χ0) is 11.5. The molecular weight excluding hydrogens is 200 g/mol. The molecule has 2 amide bonds. The van der Waals surface area contributed by atoms with E-state index >= 15 is 0 Å². The molecule has 2 fully saturated rings. The van der Waals surface area contributed by atoms with E-state index < -0.39 is 0 Å². The van der Waals surface area contributed by atoms with Crippen molar-refractivity contribution in [1.82, 2.24) is 10.2 Å². The number of urea groups is 1. The number of nitrogens with one attached hydrogen (secondary N) is 1. The molecule has 0 aromatic heterocycles. The summed E-state index contributed by atoms with van der Waals surface area (Å²) < 4.78 is 0. The Balaban J connectivity index is 1.84. The van der Waals surface area contributed by atoms with Gasteiger partial charge >= 0.3 is 6.03 Å². The van der Waals surface area contributed by atoms with E-state index in [1.165, 1.54) is 24.8 Å². The predicted molar refractivity (Wildman–Crippen MR) is 65.0 cm³/mol. The van der Waals surface area contributed by atoms with E-state index in [-0.39, 0.29) is 6.03 Å². The molecule has 1 saturated heterocycles. The average molecular weight is 222 g/mol. The molecule has 0 aromatic carbocycles. The minimum atomic E-state index is 0.0761. The molecule has 16 heavy (non-hydrogen) atoms. The summed E-state index contributed by atoms with van der Waals surface area (Å²) in [4.78, 5) is 13.9. The van der Waals surface area contributed by atoms with Gasteiger partial charge in [0.25, 0.3) is 0 Å². The SMILES string of the molecule is C/C(=C\NC(=O)N1CCCCC1C)C1CC1. The Kier molecular flexibility index (Phi) is 3.52. The molecule has 0 radical (unpaired) electrons. The van der Waals surface area contributed by atoms with Gasteiger partial charge in [-0.1, -0.05) is 5.57 Å². The molecule has 1 atom stereocenters. The number of allylic oxidation sites excluding steroid dienone is 1. The van der Waals surface area contributed by atoms with Crippen LogP contribution in [0, 0.1) is 5.92 Å². The molecule has 3 heteroatoms. The van der Waals surface area contributed by atoms with Crippen LogP contribution in [0.25, 0.3) is 0 Å². The summed E-state index contributed by atoms with van der Waals surface area (Å²) in [7, 11) is 0. The first-order valence-corrected chi connectivity index (χ1v) is 6.42. The van der Waals surface area contributed by atoms with Gasteiger partial charge in [-0.2, -0.15) is 0 Å². The topological polar surface area (TPSA) is 32.3 Å². The highest BCUT2D eigenvalue weighted by atomic mass is 16.2. The van der Waals surface area contributed by atoms with Crippen LogP contribution < -0.4 is 5.32 Å². The van der Waals surface area contributed by atoms with Crippen molar-refractivity contribution in [2.24, 2.45) is 5.92 Å². The smallest absolute Gasteiger partial charge is 0.321 e. The Labute approximate surface area is 97.9 Å². The minimum Gasteiger partial charge on any atom is -0.322 e. The second-order valence-corrected chi connectivity index (χ2v) is 5.15. The molecule has 0 spiro atoms. The lowest BCUT2D eigenvalue weighted by Gasteiger charge is -2.33. The van der Waals surface area contributed by atoms with Crippen LogP contribution in [-0.4, -0.2) is 23.5 Å². The number of hydrogen-bond acceptors (Lipinski definition) is 1. The molecule has 1 saturated carbocycles. The van der Waals surface area contributed by atoms with Crippen LogP contribution in [0.4, 0.5) is 4.79 Å². The number of piperidine rings is 1. The van der Waals surface area contributed by atoms with Crippen LogP contribution in [0.1, 0.15) is 46.0 Å². The average Bonchev–Trinajstić information content (AvgIpc) is 3.10. The monoisotopic (exact) mass is 222 g/mol. The molecule has 0 bridgehead atoms. The van der Waals surface area contributed by atoms with Gasteiger partial charge in [-0.15, -0.1) is 0 Å². The van der Waals surface area contributed by atoms with Crippen molar-refractivity contribution in [2.75, 3.05) is 6.54 Å². The van der Waals surface area contributed by atoms with Crippen molar-refractivity contribution in [3.63, 3.8) is 0 Å². The van der Waals surface area contributed by atoms with E-state index in [4.69, 9.17) is 0 Å². The van der Waals surface area contributed by atoms with Gasteiger partial charge in [0, 0.05) is 18.8 Å². The van der Waals surface area contributed by atoms with Gasteiger partial charge in [0.2, 0.25) is 0 Å². The quantitative estimate of drug-likeness (QED) is 0.765. The summed E-state index contributed by atoms with van der Waals surface area (Å²) in [6.45, 7) is 5.15. The molecule has 2 aliphatic rings. The summed E-state index contributed by atoms with van der Waals surface area (Å²) in [5.74, 6) is 0.735. The third kappa shape index (κ3) is 2.77. The van der Waals surface area contributed by atoms with Crippen LogP contribution in [0.15, 0.2) is 11.8 Å². The maximum absolute atomic E-state index is 11.9. The molecule has 90 valence electrons. The Morgan fingerprint density at radius 2 is 2.06 bits per heavy atom. The molecular formula is C13H22N2O. The van der Waals surface area contributed by atoms with Crippen LogP contribution in [-0.2, 0) is 0 Å². The number of hydrogen-bond donors (Lipinski definition) is 1. The highest BCUT2D eigenvalue weighted by molar-refractivity contribution is 5.75. The van der Waals surface area contributed by atoms with Gasteiger partial charge in [-0.25, -0.2) is 4.79 Å². The highest BCUT2D eigenvalue weighted by Crippen LogP contribution is 2.35. The van der Waals surface area contributed by atoms with E-state index in [0.717, 1.165) is 25.3 Å². The lowest BCUT2D eigenvalue weighted by molar-refractivity contribution is 0.161. The fraction of sp³-hybridized carbons (Fsp3) is 0.769. The molecule has 0 aromatic rings. The molecule has 2 rings (SSSR count). The van der Waals surface area contributed by atoms with Gasteiger partial charge in [-0.05, 0) is 51.9 Å². The number of carbonyl (C=O) groups excluding carboxylic acids is 1. The summed E-state index contributed by atoms with van der Waals surface area (Å²) >= 11 is 0. The van der Waals surface area contributed by atoms with Crippen LogP contribution >= 0.6 is 0 Å². The summed E-state index contributed by atoms with van der Waals surface area (Å²) in [6.07, 6.45) is 8.02. The van der Waals surface area contributed by atoms with Gasteiger partial charge in [0.1, 0.15) is 0 Å². The van der Waals surface area contributed by atoms with Crippen LogP contribution in [0.2, 0.25) is 0 Å². The van der Waals surface area contributed by atoms with Gasteiger partial charge in [0.15, 0.2) is 0 Å². The predicted octanol–water partition coefficient (Wildman–Crippen LogP) is 2.88.